The normalized spacial score (nSPS) is 18.6. The van der Waals surface area contributed by atoms with Crippen LogP contribution in [0.4, 0.5) is 0 Å². The van der Waals surface area contributed by atoms with Gasteiger partial charge in [-0.15, -0.1) is 0 Å². The van der Waals surface area contributed by atoms with Gasteiger partial charge in [0.1, 0.15) is 0 Å². The molecule has 0 heterocycles. The number of aliphatic imine (C=N–C) groups is 1. The quantitative estimate of drug-likeness (QED) is 0.210. The zero-order chi connectivity index (χ0) is 14.8. The third-order valence-electron chi connectivity index (χ3n) is 4.03. The summed E-state index contributed by atoms with van der Waals surface area (Å²) in [6.45, 7) is 7.06. The van der Waals surface area contributed by atoms with Crippen molar-refractivity contribution in [2.45, 2.75) is 52.4 Å². The highest BCUT2D eigenvalue weighted by Gasteiger charge is 2.34. The lowest BCUT2D eigenvalue weighted by atomic mass is 9.78. The maximum Gasteiger partial charge on any atom is 0.205 e. The Bertz CT molecular complexity index is 286. The molecule has 1 aliphatic rings. The van der Waals surface area contributed by atoms with E-state index in [1.54, 1.807) is 7.11 Å². The van der Waals surface area contributed by atoms with E-state index in [0.717, 1.165) is 32.0 Å². The third-order valence-corrected chi connectivity index (χ3v) is 4.03. The summed E-state index contributed by atoms with van der Waals surface area (Å²) in [5.41, 5.74) is 3.06. The molecule has 1 aliphatic carbocycles. The van der Waals surface area contributed by atoms with Gasteiger partial charge in [-0.25, -0.2) is 5.84 Å². The molecule has 5 heteroatoms. The summed E-state index contributed by atoms with van der Waals surface area (Å²) in [6.07, 6.45) is 7.50. The van der Waals surface area contributed by atoms with Crippen LogP contribution in [0.2, 0.25) is 0 Å². The number of nitrogens with one attached hydrogen (secondary N) is 2. The SMILES string of the molecule is COCCCNC(=NCC1(CC(C)C)CCCC1)NN. The Morgan fingerprint density at radius 2 is 2.05 bits per heavy atom. The molecular weight excluding hydrogens is 252 g/mol. The largest absolute Gasteiger partial charge is 0.385 e. The van der Waals surface area contributed by atoms with Crippen molar-refractivity contribution >= 4 is 5.96 Å². The number of hydrazine groups is 1. The molecule has 1 fully saturated rings. The molecule has 118 valence electrons. The van der Waals surface area contributed by atoms with E-state index < -0.39 is 0 Å². The van der Waals surface area contributed by atoms with Crippen LogP contribution < -0.4 is 16.6 Å². The van der Waals surface area contributed by atoms with Crippen molar-refractivity contribution < 1.29 is 4.74 Å². The minimum absolute atomic E-state index is 0.393. The van der Waals surface area contributed by atoms with E-state index in [2.05, 4.69) is 29.6 Å². The van der Waals surface area contributed by atoms with Gasteiger partial charge in [0.25, 0.3) is 0 Å². The molecule has 0 atom stereocenters. The predicted octanol–water partition coefficient (Wildman–Crippen LogP) is 2.04. The molecule has 4 N–H and O–H groups in total. The van der Waals surface area contributed by atoms with Gasteiger partial charge in [-0.3, -0.25) is 10.4 Å². The summed E-state index contributed by atoms with van der Waals surface area (Å²) >= 11 is 0. The number of rotatable bonds is 8. The van der Waals surface area contributed by atoms with Crippen LogP contribution in [0.1, 0.15) is 52.4 Å². The monoisotopic (exact) mass is 284 g/mol. The minimum Gasteiger partial charge on any atom is -0.385 e. The first-order chi connectivity index (χ1) is 9.62. The highest BCUT2D eigenvalue weighted by Crippen LogP contribution is 2.43. The standard InChI is InChI=1S/C15H32N4O/c1-13(2)11-15(7-4-5-8-15)12-18-14(19-16)17-9-6-10-20-3/h13H,4-12,16H2,1-3H3,(H2,17,18,19). The second kappa shape index (κ2) is 9.19. The lowest BCUT2D eigenvalue weighted by Gasteiger charge is -2.29. The maximum absolute atomic E-state index is 5.54. The predicted molar refractivity (Wildman–Crippen MR) is 84.5 cm³/mol. The van der Waals surface area contributed by atoms with Gasteiger partial charge in [-0.05, 0) is 37.0 Å². The van der Waals surface area contributed by atoms with Crippen molar-refractivity contribution in [2.75, 3.05) is 26.8 Å². The van der Waals surface area contributed by atoms with E-state index in [4.69, 9.17) is 10.6 Å². The zero-order valence-electron chi connectivity index (χ0n) is 13.4. The van der Waals surface area contributed by atoms with Crippen molar-refractivity contribution in [1.82, 2.24) is 10.7 Å². The molecule has 0 aromatic rings. The Labute approximate surface area is 123 Å². The van der Waals surface area contributed by atoms with E-state index in [0.29, 0.717) is 11.4 Å². The number of ether oxygens (including phenoxy) is 1. The summed E-state index contributed by atoms with van der Waals surface area (Å²) in [5, 5.41) is 3.23. The van der Waals surface area contributed by atoms with E-state index in [1.807, 2.05) is 0 Å². The summed E-state index contributed by atoms with van der Waals surface area (Å²) in [6, 6.07) is 0. The smallest absolute Gasteiger partial charge is 0.205 e. The van der Waals surface area contributed by atoms with Gasteiger partial charge in [-0.1, -0.05) is 26.7 Å². The van der Waals surface area contributed by atoms with Crippen LogP contribution in [0.5, 0.6) is 0 Å². The first kappa shape index (κ1) is 17.2. The fraction of sp³-hybridized carbons (Fsp3) is 0.933. The Hall–Kier alpha value is -0.810. The maximum atomic E-state index is 5.54. The number of hydrogen-bond acceptors (Lipinski definition) is 3. The molecule has 1 rings (SSSR count). The van der Waals surface area contributed by atoms with E-state index in [-0.39, 0.29) is 0 Å². The van der Waals surface area contributed by atoms with Crippen LogP contribution >= 0.6 is 0 Å². The van der Waals surface area contributed by atoms with Crippen molar-refractivity contribution in [3.63, 3.8) is 0 Å². The second-order valence-corrected chi connectivity index (χ2v) is 6.39. The third kappa shape index (κ3) is 6.09. The average molecular weight is 284 g/mol. The van der Waals surface area contributed by atoms with Gasteiger partial charge < -0.3 is 10.1 Å². The summed E-state index contributed by atoms with van der Waals surface area (Å²) in [5.74, 6) is 6.98. The Morgan fingerprint density at radius 3 is 2.60 bits per heavy atom. The van der Waals surface area contributed by atoms with Gasteiger partial charge in [0.05, 0.1) is 0 Å². The highest BCUT2D eigenvalue weighted by atomic mass is 16.5. The molecule has 0 radical (unpaired) electrons. The lowest BCUT2D eigenvalue weighted by molar-refractivity contribution is 0.195. The summed E-state index contributed by atoms with van der Waals surface area (Å²) in [4.78, 5) is 4.68. The van der Waals surface area contributed by atoms with Crippen LogP contribution in [0.3, 0.4) is 0 Å². The molecule has 20 heavy (non-hydrogen) atoms. The Balaban J connectivity index is 2.47. The van der Waals surface area contributed by atoms with E-state index in [1.165, 1.54) is 32.1 Å². The van der Waals surface area contributed by atoms with Crippen LogP contribution in [0, 0.1) is 11.3 Å². The Kier molecular flexibility index (Phi) is 7.92. The second-order valence-electron chi connectivity index (χ2n) is 6.39. The molecule has 0 unspecified atom stereocenters. The van der Waals surface area contributed by atoms with Gasteiger partial charge in [0, 0.05) is 26.8 Å². The highest BCUT2D eigenvalue weighted by molar-refractivity contribution is 5.79. The Morgan fingerprint density at radius 1 is 1.35 bits per heavy atom. The molecule has 0 aromatic carbocycles. The van der Waals surface area contributed by atoms with E-state index >= 15 is 0 Å². The van der Waals surface area contributed by atoms with E-state index in [9.17, 15) is 0 Å². The molecule has 0 aliphatic heterocycles. The minimum atomic E-state index is 0.393. The fourth-order valence-corrected chi connectivity index (χ4v) is 3.24. The van der Waals surface area contributed by atoms with Crippen molar-refractivity contribution in [1.29, 1.82) is 0 Å². The van der Waals surface area contributed by atoms with Gasteiger partial charge in [-0.2, -0.15) is 0 Å². The first-order valence-corrected chi connectivity index (χ1v) is 7.86. The molecule has 1 saturated carbocycles. The number of nitrogens with two attached hydrogens (primary N) is 1. The molecule has 0 spiro atoms. The molecule has 5 nitrogen and oxygen atoms in total. The van der Waals surface area contributed by atoms with Crippen LogP contribution in [0.25, 0.3) is 0 Å². The molecule has 0 amide bonds. The number of guanidine groups is 1. The van der Waals surface area contributed by atoms with Gasteiger partial charge >= 0.3 is 0 Å². The van der Waals surface area contributed by atoms with Crippen molar-refractivity contribution in [3.05, 3.63) is 0 Å². The van der Waals surface area contributed by atoms with Gasteiger partial charge in [0.2, 0.25) is 5.96 Å². The van der Waals surface area contributed by atoms with Crippen molar-refractivity contribution in [3.8, 4) is 0 Å². The van der Waals surface area contributed by atoms with Gasteiger partial charge in [0.15, 0.2) is 0 Å². The summed E-state index contributed by atoms with van der Waals surface area (Å²) in [7, 11) is 1.71. The number of hydrogen-bond donors (Lipinski definition) is 3. The average Bonchev–Trinajstić information content (AvgIpc) is 2.86. The number of methoxy groups -OCH3 is 1. The van der Waals surface area contributed by atoms with Crippen molar-refractivity contribution in [2.24, 2.45) is 22.2 Å². The fourth-order valence-electron chi connectivity index (χ4n) is 3.24. The molecule has 0 saturated heterocycles. The first-order valence-electron chi connectivity index (χ1n) is 7.86. The van der Waals surface area contributed by atoms with Crippen LogP contribution in [-0.4, -0.2) is 32.8 Å². The van der Waals surface area contributed by atoms with Crippen LogP contribution in [0.15, 0.2) is 4.99 Å². The molecular formula is C15H32N4O. The zero-order valence-corrected chi connectivity index (χ0v) is 13.4. The summed E-state index contributed by atoms with van der Waals surface area (Å²) < 4.78 is 5.03. The molecule has 0 bridgehead atoms. The molecule has 0 aromatic heterocycles. The van der Waals surface area contributed by atoms with Crippen LogP contribution in [-0.2, 0) is 4.74 Å². The topological polar surface area (TPSA) is 71.7 Å². The lowest BCUT2D eigenvalue weighted by Crippen LogP contribution is -2.43. The number of nitrogens with zero attached hydrogens (tertiary/aromatic N) is 1.